The quantitative estimate of drug-likeness (QED) is 0.778. The number of aromatic nitrogens is 1. The number of carbonyl (C=O) groups excluding carboxylic acids is 2. The molecular weight excluding hydrogens is 356 g/mol. The zero-order valence-corrected chi connectivity index (χ0v) is 15.4. The van der Waals surface area contributed by atoms with Gasteiger partial charge in [-0.1, -0.05) is 6.07 Å². The minimum Gasteiger partial charge on any atom is -0.486 e. The fourth-order valence-corrected chi connectivity index (χ4v) is 3.14. The lowest BCUT2D eigenvalue weighted by Gasteiger charge is -2.21. The van der Waals surface area contributed by atoms with Gasteiger partial charge in [-0.15, -0.1) is 11.3 Å². The van der Waals surface area contributed by atoms with Crippen LogP contribution in [0.25, 0.3) is 0 Å². The third kappa shape index (κ3) is 4.72. The summed E-state index contributed by atoms with van der Waals surface area (Å²) in [6.45, 7) is 4.43. The summed E-state index contributed by atoms with van der Waals surface area (Å²) in [6, 6.07) is 5.28. The molecule has 0 saturated heterocycles. The van der Waals surface area contributed by atoms with Crippen molar-refractivity contribution < 1.29 is 23.8 Å². The Kier molecular flexibility index (Phi) is 5.72. The van der Waals surface area contributed by atoms with E-state index in [-0.39, 0.29) is 25.0 Å². The van der Waals surface area contributed by atoms with Crippen molar-refractivity contribution in [2.24, 2.45) is 0 Å². The molecule has 7 nitrogen and oxygen atoms in total. The molecule has 0 fully saturated rings. The highest BCUT2D eigenvalue weighted by Gasteiger charge is 2.17. The highest BCUT2D eigenvalue weighted by Crippen LogP contribution is 2.32. The predicted octanol–water partition coefficient (Wildman–Crippen LogP) is 2.19. The van der Waals surface area contributed by atoms with Crippen molar-refractivity contribution in [2.75, 3.05) is 19.8 Å². The van der Waals surface area contributed by atoms with Crippen LogP contribution >= 0.6 is 11.3 Å². The second-order valence-electron chi connectivity index (χ2n) is 5.89. The molecule has 2 aromatic rings. The average Bonchev–Trinajstić information content (AvgIpc) is 3.04. The van der Waals surface area contributed by atoms with E-state index < -0.39 is 5.97 Å². The van der Waals surface area contributed by atoms with E-state index in [1.54, 1.807) is 5.38 Å². The molecular formula is C18H20N2O5S. The van der Waals surface area contributed by atoms with Crippen molar-refractivity contribution in [2.45, 2.75) is 26.3 Å². The highest BCUT2D eigenvalue weighted by molar-refractivity contribution is 7.09. The van der Waals surface area contributed by atoms with E-state index in [4.69, 9.17) is 14.2 Å². The first-order chi connectivity index (χ1) is 12.5. The third-order valence-corrected chi connectivity index (χ3v) is 4.62. The van der Waals surface area contributed by atoms with Crippen molar-refractivity contribution in [3.8, 4) is 11.5 Å². The number of amides is 1. The number of thiazole rings is 1. The van der Waals surface area contributed by atoms with Gasteiger partial charge in [0.1, 0.15) is 13.2 Å². The Balaban J connectivity index is 1.47. The first-order valence-electron chi connectivity index (χ1n) is 8.27. The van der Waals surface area contributed by atoms with E-state index >= 15 is 0 Å². The van der Waals surface area contributed by atoms with E-state index in [2.05, 4.69) is 10.3 Å². The van der Waals surface area contributed by atoms with Gasteiger partial charge in [0.15, 0.2) is 18.1 Å². The van der Waals surface area contributed by atoms with Crippen LogP contribution in [0.4, 0.5) is 0 Å². The number of benzene rings is 1. The molecule has 1 aromatic carbocycles. The molecule has 0 radical (unpaired) electrons. The standard InChI is InChI=1S/C18H20N2O5S/c1-11(13-3-4-15-16(7-13)24-6-5-23-15)19-17(21)9-25-18(22)8-14-10-26-12(2)20-14/h3-4,7,10-11H,5-6,8-9H2,1-2H3,(H,19,21). The van der Waals surface area contributed by atoms with Crippen molar-refractivity contribution in [1.29, 1.82) is 0 Å². The largest absolute Gasteiger partial charge is 0.486 e. The number of nitrogens with zero attached hydrogens (tertiary/aromatic N) is 1. The molecule has 1 N–H and O–H groups in total. The number of hydrogen-bond acceptors (Lipinski definition) is 7. The Morgan fingerprint density at radius 1 is 1.31 bits per heavy atom. The van der Waals surface area contributed by atoms with E-state index in [1.165, 1.54) is 11.3 Å². The number of aryl methyl sites for hydroxylation is 1. The molecule has 3 rings (SSSR count). The summed E-state index contributed by atoms with van der Waals surface area (Å²) >= 11 is 1.47. The van der Waals surface area contributed by atoms with Crippen LogP contribution in [-0.4, -0.2) is 36.7 Å². The van der Waals surface area contributed by atoms with Gasteiger partial charge in [0.25, 0.3) is 5.91 Å². The van der Waals surface area contributed by atoms with Gasteiger partial charge in [-0.2, -0.15) is 0 Å². The number of rotatable bonds is 6. The molecule has 138 valence electrons. The fraction of sp³-hybridized carbons (Fsp3) is 0.389. The molecule has 1 aliphatic heterocycles. The minimum atomic E-state index is -0.475. The second kappa shape index (κ2) is 8.18. The lowest BCUT2D eigenvalue weighted by Crippen LogP contribution is -2.31. The summed E-state index contributed by atoms with van der Waals surface area (Å²) in [5, 5.41) is 5.49. The van der Waals surface area contributed by atoms with E-state index in [0.29, 0.717) is 30.4 Å². The normalized spacial score (nSPS) is 13.8. The monoisotopic (exact) mass is 376 g/mol. The fourth-order valence-electron chi connectivity index (χ4n) is 2.53. The highest BCUT2D eigenvalue weighted by atomic mass is 32.1. The Hall–Kier alpha value is -2.61. The summed E-state index contributed by atoms with van der Waals surface area (Å²) in [6.07, 6.45) is 0.0648. The number of nitrogens with one attached hydrogen (secondary N) is 1. The van der Waals surface area contributed by atoms with Crippen LogP contribution in [0.5, 0.6) is 11.5 Å². The van der Waals surface area contributed by atoms with Crippen LogP contribution in [-0.2, 0) is 20.7 Å². The minimum absolute atomic E-state index is 0.0648. The van der Waals surface area contributed by atoms with Crippen molar-refractivity contribution in [3.63, 3.8) is 0 Å². The predicted molar refractivity (Wildman–Crippen MR) is 95.5 cm³/mol. The van der Waals surface area contributed by atoms with Crippen molar-refractivity contribution >= 4 is 23.2 Å². The third-order valence-electron chi connectivity index (χ3n) is 3.80. The molecule has 1 unspecified atom stereocenters. The molecule has 0 aliphatic carbocycles. The molecule has 1 amide bonds. The average molecular weight is 376 g/mol. The van der Waals surface area contributed by atoms with Gasteiger partial charge in [0.2, 0.25) is 0 Å². The first kappa shape index (κ1) is 18.2. The Labute approximate surface area is 155 Å². The van der Waals surface area contributed by atoms with Crippen LogP contribution in [0, 0.1) is 6.92 Å². The molecule has 1 aliphatic rings. The van der Waals surface area contributed by atoms with Crippen LogP contribution < -0.4 is 14.8 Å². The number of hydrogen-bond donors (Lipinski definition) is 1. The Morgan fingerprint density at radius 2 is 2.08 bits per heavy atom. The molecule has 8 heteroatoms. The maximum Gasteiger partial charge on any atom is 0.312 e. The summed E-state index contributed by atoms with van der Waals surface area (Å²) < 4.78 is 16.0. The van der Waals surface area contributed by atoms with Crippen LogP contribution in [0.3, 0.4) is 0 Å². The smallest absolute Gasteiger partial charge is 0.312 e. The topological polar surface area (TPSA) is 86.8 Å². The number of ether oxygens (including phenoxy) is 3. The molecule has 2 heterocycles. The summed E-state index contributed by atoms with van der Waals surface area (Å²) in [7, 11) is 0. The van der Waals surface area contributed by atoms with E-state index in [9.17, 15) is 9.59 Å². The zero-order chi connectivity index (χ0) is 18.5. The van der Waals surface area contributed by atoms with Gasteiger partial charge >= 0.3 is 5.97 Å². The van der Waals surface area contributed by atoms with Crippen molar-refractivity contribution in [1.82, 2.24) is 10.3 Å². The van der Waals surface area contributed by atoms with E-state index in [1.807, 2.05) is 32.0 Å². The van der Waals surface area contributed by atoms with Gasteiger partial charge in [0, 0.05) is 5.38 Å². The van der Waals surface area contributed by atoms with Crippen LogP contribution in [0.15, 0.2) is 23.6 Å². The lowest BCUT2D eigenvalue weighted by atomic mass is 10.1. The summed E-state index contributed by atoms with van der Waals surface area (Å²) in [5.41, 5.74) is 1.54. The lowest BCUT2D eigenvalue weighted by molar-refractivity contribution is -0.148. The molecule has 1 aromatic heterocycles. The summed E-state index contributed by atoms with van der Waals surface area (Å²) in [4.78, 5) is 28.0. The summed E-state index contributed by atoms with van der Waals surface area (Å²) in [5.74, 6) is 0.525. The maximum atomic E-state index is 12.0. The number of carbonyl (C=O) groups is 2. The van der Waals surface area contributed by atoms with Gasteiger partial charge in [0.05, 0.1) is 23.2 Å². The van der Waals surface area contributed by atoms with E-state index in [0.717, 1.165) is 10.6 Å². The van der Waals surface area contributed by atoms with Gasteiger partial charge in [-0.3, -0.25) is 9.59 Å². The molecule has 0 spiro atoms. The Morgan fingerprint density at radius 3 is 2.81 bits per heavy atom. The Bertz CT molecular complexity index is 805. The molecule has 26 heavy (non-hydrogen) atoms. The van der Waals surface area contributed by atoms with Crippen molar-refractivity contribution in [3.05, 3.63) is 39.8 Å². The van der Waals surface area contributed by atoms with Crippen LogP contribution in [0.1, 0.15) is 29.2 Å². The van der Waals surface area contributed by atoms with Gasteiger partial charge < -0.3 is 19.5 Å². The number of esters is 1. The van der Waals surface area contributed by atoms with Crippen LogP contribution in [0.2, 0.25) is 0 Å². The van der Waals surface area contributed by atoms with Gasteiger partial charge in [-0.25, -0.2) is 4.98 Å². The molecule has 0 saturated carbocycles. The number of fused-ring (bicyclic) bond motifs is 1. The maximum absolute atomic E-state index is 12.0. The SMILES string of the molecule is Cc1nc(CC(=O)OCC(=O)NC(C)c2ccc3c(c2)OCCO3)cs1. The molecule has 0 bridgehead atoms. The first-order valence-corrected chi connectivity index (χ1v) is 9.15. The van der Waals surface area contributed by atoms with Gasteiger partial charge in [-0.05, 0) is 31.5 Å². The zero-order valence-electron chi connectivity index (χ0n) is 14.6. The molecule has 1 atom stereocenters. The second-order valence-corrected chi connectivity index (χ2v) is 6.95.